The lowest BCUT2D eigenvalue weighted by molar-refractivity contribution is -0.121. The van der Waals surface area contributed by atoms with Crippen LogP contribution in [0.15, 0.2) is 29.4 Å². The van der Waals surface area contributed by atoms with E-state index in [1.54, 1.807) is 0 Å². The highest BCUT2D eigenvalue weighted by atomic mass is 32.2. The second-order valence-corrected chi connectivity index (χ2v) is 8.17. The van der Waals surface area contributed by atoms with Crippen LogP contribution in [0.5, 0.6) is 0 Å². The molecule has 0 aliphatic heterocycles. The third-order valence-electron chi connectivity index (χ3n) is 3.57. The molecule has 0 radical (unpaired) electrons. The highest BCUT2D eigenvalue weighted by Gasteiger charge is 2.23. The van der Waals surface area contributed by atoms with Crippen molar-refractivity contribution >= 4 is 17.7 Å². The number of amides is 1. The molecular formula is C18H26N4OS. The highest BCUT2D eigenvalue weighted by Crippen LogP contribution is 2.28. The molecule has 1 heterocycles. The molecule has 6 heteroatoms. The SMILES string of the molecule is CCn1c(S[C@@H](C)C(=O)NC(C)(C)C)nnc1-c1ccccc1C. The molecule has 24 heavy (non-hydrogen) atoms. The summed E-state index contributed by atoms with van der Waals surface area (Å²) in [5, 5.41) is 12.2. The van der Waals surface area contributed by atoms with Gasteiger partial charge in [0.05, 0.1) is 5.25 Å². The molecule has 1 aromatic heterocycles. The highest BCUT2D eigenvalue weighted by molar-refractivity contribution is 8.00. The summed E-state index contributed by atoms with van der Waals surface area (Å²) in [7, 11) is 0. The van der Waals surface area contributed by atoms with E-state index in [4.69, 9.17) is 0 Å². The number of nitrogens with zero attached hydrogens (tertiary/aromatic N) is 3. The fourth-order valence-corrected chi connectivity index (χ4v) is 3.28. The summed E-state index contributed by atoms with van der Waals surface area (Å²) in [4.78, 5) is 12.3. The number of thioether (sulfide) groups is 1. The van der Waals surface area contributed by atoms with Gasteiger partial charge in [-0.3, -0.25) is 4.79 Å². The standard InChI is InChI=1S/C18H26N4OS/c1-7-22-15(14-11-9-8-10-12(14)2)20-21-17(22)24-13(3)16(23)19-18(4,5)6/h8-11,13H,7H2,1-6H3,(H,19,23)/t13-/m0/s1. The van der Waals surface area contributed by atoms with E-state index in [9.17, 15) is 4.79 Å². The maximum Gasteiger partial charge on any atom is 0.233 e. The fraction of sp³-hybridized carbons (Fsp3) is 0.500. The van der Waals surface area contributed by atoms with Crippen molar-refractivity contribution in [2.45, 2.75) is 64.0 Å². The van der Waals surface area contributed by atoms with Crippen molar-refractivity contribution in [1.82, 2.24) is 20.1 Å². The number of aryl methyl sites for hydroxylation is 1. The molecule has 0 spiro atoms. The Morgan fingerprint density at radius 1 is 1.29 bits per heavy atom. The summed E-state index contributed by atoms with van der Waals surface area (Å²) < 4.78 is 2.06. The van der Waals surface area contributed by atoms with Gasteiger partial charge in [-0.15, -0.1) is 10.2 Å². The smallest absolute Gasteiger partial charge is 0.233 e. The summed E-state index contributed by atoms with van der Waals surface area (Å²) in [5.41, 5.74) is 2.00. The molecule has 0 bridgehead atoms. The number of benzene rings is 1. The van der Waals surface area contributed by atoms with Crippen LogP contribution in [-0.4, -0.2) is 31.5 Å². The molecule has 1 aromatic carbocycles. The van der Waals surface area contributed by atoms with Gasteiger partial charge < -0.3 is 9.88 Å². The van der Waals surface area contributed by atoms with Crippen molar-refractivity contribution in [3.8, 4) is 11.4 Å². The van der Waals surface area contributed by atoms with Crippen LogP contribution in [0.25, 0.3) is 11.4 Å². The van der Waals surface area contributed by atoms with Gasteiger partial charge in [-0.25, -0.2) is 0 Å². The Bertz CT molecular complexity index is 718. The predicted octanol–water partition coefficient (Wildman–Crippen LogP) is 3.67. The molecule has 1 atom stereocenters. The van der Waals surface area contributed by atoms with Crippen LogP contribution < -0.4 is 5.32 Å². The van der Waals surface area contributed by atoms with Gasteiger partial charge in [0, 0.05) is 17.6 Å². The first-order valence-corrected chi connectivity index (χ1v) is 9.08. The van der Waals surface area contributed by atoms with Gasteiger partial charge in [0.2, 0.25) is 5.91 Å². The van der Waals surface area contributed by atoms with Crippen LogP contribution in [-0.2, 0) is 11.3 Å². The minimum atomic E-state index is -0.239. The van der Waals surface area contributed by atoms with Gasteiger partial charge in [0.1, 0.15) is 0 Å². The van der Waals surface area contributed by atoms with E-state index in [1.165, 1.54) is 11.8 Å². The molecule has 5 nitrogen and oxygen atoms in total. The van der Waals surface area contributed by atoms with Crippen molar-refractivity contribution in [2.24, 2.45) is 0 Å². The molecule has 2 rings (SSSR count). The lowest BCUT2D eigenvalue weighted by Gasteiger charge is -2.22. The lowest BCUT2D eigenvalue weighted by atomic mass is 10.1. The first kappa shape index (κ1) is 18.5. The maximum absolute atomic E-state index is 12.3. The largest absolute Gasteiger partial charge is 0.351 e. The van der Waals surface area contributed by atoms with Crippen molar-refractivity contribution in [3.63, 3.8) is 0 Å². The molecule has 130 valence electrons. The Labute approximate surface area is 148 Å². The van der Waals surface area contributed by atoms with Crippen molar-refractivity contribution in [2.75, 3.05) is 0 Å². The normalized spacial score (nSPS) is 12.9. The topological polar surface area (TPSA) is 59.8 Å². The second kappa shape index (κ2) is 7.38. The van der Waals surface area contributed by atoms with Crippen LogP contribution in [0, 0.1) is 6.92 Å². The first-order valence-electron chi connectivity index (χ1n) is 8.21. The zero-order valence-corrected chi connectivity index (χ0v) is 16.1. The van der Waals surface area contributed by atoms with Gasteiger partial charge in [-0.05, 0) is 47.1 Å². The Morgan fingerprint density at radius 3 is 2.54 bits per heavy atom. The summed E-state index contributed by atoms with van der Waals surface area (Å²) in [6.45, 7) is 12.7. The van der Waals surface area contributed by atoms with Crippen LogP contribution >= 0.6 is 11.8 Å². The number of hydrogen-bond acceptors (Lipinski definition) is 4. The van der Waals surface area contributed by atoms with Crippen LogP contribution in [0.4, 0.5) is 0 Å². The number of carbonyl (C=O) groups excluding carboxylic acids is 1. The minimum Gasteiger partial charge on any atom is -0.351 e. The summed E-state index contributed by atoms with van der Waals surface area (Å²) >= 11 is 1.44. The van der Waals surface area contributed by atoms with E-state index in [-0.39, 0.29) is 16.7 Å². The summed E-state index contributed by atoms with van der Waals surface area (Å²) in [5.74, 6) is 0.858. The van der Waals surface area contributed by atoms with Crippen molar-refractivity contribution in [1.29, 1.82) is 0 Å². The average molecular weight is 347 g/mol. The van der Waals surface area contributed by atoms with Crippen LogP contribution in [0.1, 0.15) is 40.2 Å². The zero-order valence-electron chi connectivity index (χ0n) is 15.3. The number of aromatic nitrogens is 3. The number of nitrogens with one attached hydrogen (secondary N) is 1. The van der Waals surface area contributed by atoms with Crippen molar-refractivity contribution in [3.05, 3.63) is 29.8 Å². The molecule has 0 unspecified atom stereocenters. The van der Waals surface area contributed by atoms with Crippen LogP contribution in [0.2, 0.25) is 0 Å². The predicted molar refractivity (Wildman–Crippen MR) is 99.1 cm³/mol. The fourth-order valence-electron chi connectivity index (χ4n) is 2.37. The average Bonchev–Trinajstić information content (AvgIpc) is 2.88. The van der Waals surface area contributed by atoms with Crippen molar-refractivity contribution < 1.29 is 4.79 Å². The second-order valence-electron chi connectivity index (χ2n) is 6.86. The minimum absolute atomic E-state index is 0.00981. The molecule has 1 amide bonds. The van der Waals surface area contributed by atoms with E-state index in [2.05, 4.69) is 46.1 Å². The Kier molecular flexibility index (Phi) is 5.70. The molecule has 2 aromatic rings. The van der Waals surface area contributed by atoms with Gasteiger partial charge in [0.25, 0.3) is 0 Å². The quantitative estimate of drug-likeness (QED) is 0.839. The molecule has 0 saturated heterocycles. The molecule has 0 aliphatic rings. The zero-order chi connectivity index (χ0) is 17.9. The monoisotopic (exact) mass is 346 g/mol. The lowest BCUT2D eigenvalue weighted by Crippen LogP contribution is -2.44. The molecular weight excluding hydrogens is 320 g/mol. The van der Waals surface area contributed by atoms with Gasteiger partial charge in [-0.2, -0.15) is 0 Å². The third-order valence-corrected chi connectivity index (χ3v) is 4.65. The number of carbonyl (C=O) groups is 1. The van der Waals surface area contributed by atoms with Gasteiger partial charge >= 0.3 is 0 Å². The number of hydrogen-bond donors (Lipinski definition) is 1. The first-order chi connectivity index (χ1) is 11.2. The Morgan fingerprint density at radius 2 is 1.96 bits per heavy atom. The van der Waals surface area contributed by atoms with E-state index >= 15 is 0 Å². The molecule has 1 N–H and O–H groups in total. The molecule has 0 saturated carbocycles. The van der Waals surface area contributed by atoms with E-state index in [0.717, 1.165) is 28.7 Å². The third kappa shape index (κ3) is 4.38. The van der Waals surface area contributed by atoms with Gasteiger partial charge in [-0.1, -0.05) is 36.0 Å². The Balaban J connectivity index is 2.24. The van der Waals surface area contributed by atoms with Gasteiger partial charge in [0.15, 0.2) is 11.0 Å². The Hall–Kier alpha value is -1.82. The maximum atomic E-state index is 12.3. The molecule has 0 aliphatic carbocycles. The van der Waals surface area contributed by atoms with Crippen LogP contribution in [0.3, 0.4) is 0 Å². The number of rotatable bonds is 5. The molecule has 0 fully saturated rings. The van der Waals surface area contributed by atoms with E-state index in [1.807, 2.05) is 39.8 Å². The summed E-state index contributed by atoms with van der Waals surface area (Å²) in [6.07, 6.45) is 0. The van der Waals surface area contributed by atoms with E-state index < -0.39 is 0 Å². The summed E-state index contributed by atoms with van der Waals surface area (Å²) in [6, 6.07) is 8.13. The van der Waals surface area contributed by atoms with E-state index in [0.29, 0.717) is 0 Å².